The number of nitrogens with two attached hydrogens (primary N) is 1. The molecule has 0 aromatic carbocycles. The van der Waals surface area contributed by atoms with Crippen LogP contribution in [-0.2, 0) is 0 Å². The molecule has 1 aliphatic rings. The van der Waals surface area contributed by atoms with Gasteiger partial charge >= 0.3 is 0 Å². The maximum Gasteiger partial charge on any atom is 0.134 e. The second kappa shape index (κ2) is 5.34. The van der Waals surface area contributed by atoms with E-state index in [0.29, 0.717) is 11.9 Å². The van der Waals surface area contributed by atoms with Gasteiger partial charge in [-0.25, -0.2) is 9.97 Å². The number of hydrogen-bond acceptors (Lipinski definition) is 4. The lowest BCUT2D eigenvalue weighted by atomic mass is 9.84. The first-order valence-corrected chi connectivity index (χ1v) is 6.54. The van der Waals surface area contributed by atoms with Crippen molar-refractivity contribution in [2.75, 3.05) is 11.1 Å². The van der Waals surface area contributed by atoms with Crippen LogP contribution in [0.15, 0.2) is 6.33 Å². The Morgan fingerprint density at radius 3 is 2.65 bits per heavy atom. The molecular weight excluding hydrogens is 212 g/mol. The zero-order valence-corrected chi connectivity index (χ0v) is 10.7. The van der Waals surface area contributed by atoms with E-state index in [-0.39, 0.29) is 0 Å². The molecule has 1 aromatic heterocycles. The van der Waals surface area contributed by atoms with Crippen LogP contribution in [0.1, 0.15) is 44.6 Å². The lowest BCUT2D eigenvalue weighted by Gasteiger charge is -2.29. The molecule has 0 amide bonds. The number of nitrogens with one attached hydrogen (secondary N) is 1. The predicted molar refractivity (Wildman–Crippen MR) is 70.8 cm³/mol. The summed E-state index contributed by atoms with van der Waals surface area (Å²) in [6.07, 6.45) is 7.97. The van der Waals surface area contributed by atoms with E-state index in [4.69, 9.17) is 5.73 Å². The molecule has 17 heavy (non-hydrogen) atoms. The van der Waals surface area contributed by atoms with E-state index in [1.165, 1.54) is 38.4 Å². The van der Waals surface area contributed by atoms with Crippen LogP contribution >= 0.6 is 0 Å². The zero-order chi connectivity index (χ0) is 12.3. The van der Waals surface area contributed by atoms with Crippen molar-refractivity contribution in [1.29, 1.82) is 0 Å². The Kier molecular flexibility index (Phi) is 3.82. The lowest BCUT2D eigenvalue weighted by Crippen LogP contribution is -2.26. The van der Waals surface area contributed by atoms with Gasteiger partial charge in [0.25, 0.3) is 0 Å². The van der Waals surface area contributed by atoms with Gasteiger partial charge in [-0.05, 0) is 38.5 Å². The summed E-state index contributed by atoms with van der Waals surface area (Å²) < 4.78 is 0. The smallest absolute Gasteiger partial charge is 0.134 e. The molecule has 4 nitrogen and oxygen atoms in total. The highest BCUT2D eigenvalue weighted by atomic mass is 15.1. The topological polar surface area (TPSA) is 63.8 Å². The highest BCUT2D eigenvalue weighted by Gasteiger charge is 2.20. The largest absolute Gasteiger partial charge is 0.383 e. The molecule has 2 rings (SSSR count). The molecule has 0 aliphatic heterocycles. The fourth-order valence-corrected chi connectivity index (χ4v) is 2.52. The number of hydrogen-bond donors (Lipinski definition) is 2. The molecule has 1 aromatic rings. The second-order valence-corrected chi connectivity index (χ2v) is 5.00. The second-order valence-electron chi connectivity index (χ2n) is 5.00. The maximum absolute atomic E-state index is 5.78. The molecule has 0 radical (unpaired) electrons. The van der Waals surface area contributed by atoms with Crippen LogP contribution in [0.4, 0.5) is 11.6 Å². The molecule has 0 saturated heterocycles. The Morgan fingerprint density at radius 1 is 1.29 bits per heavy atom. The van der Waals surface area contributed by atoms with E-state index in [9.17, 15) is 0 Å². The maximum atomic E-state index is 5.78. The van der Waals surface area contributed by atoms with Crippen LogP contribution in [-0.4, -0.2) is 16.0 Å². The van der Waals surface area contributed by atoms with Crippen molar-refractivity contribution in [2.45, 2.75) is 52.0 Å². The number of nitrogens with zero attached hydrogens (tertiary/aromatic N) is 2. The van der Waals surface area contributed by atoms with E-state index in [2.05, 4.69) is 22.2 Å². The minimum atomic E-state index is 0.547. The van der Waals surface area contributed by atoms with Crippen LogP contribution in [0.3, 0.4) is 0 Å². The summed E-state index contributed by atoms with van der Waals surface area (Å²) in [6, 6.07) is 0.547. The first-order chi connectivity index (χ1) is 8.20. The zero-order valence-electron chi connectivity index (χ0n) is 10.7. The first-order valence-electron chi connectivity index (χ1n) is 6.54. The number of nitrogen functional groups attached to an aromatic ring is 1. The Morgan fingerprint density at radius 2 is 2.00 bits per heavy atom. The quantitative estimate of drug-likeness (QED) is 0.844. The fraction of sp³-hybridized carbons (Fsp3) is 0.692. The Balaban J connectivity index is 1.95. The minimum absolute atomic E-state index is 0.547. The predicted octanol–water partition coefficient (Wildman–Crippen LogP) is 2.75. The standard InChI is InChI=1S/C13H22N4/c1-3-10-4-6-11(7-5-10)17-13-9(2)12(14)15-8-16-13/h8,10-11H,3-7H2,1-2H3,(H3,14,15,16,17). The van der Waals surface area contributed by atoms with Gasteiger partial charge in [0.2, 0.25) is 0 Å². The average Bonchev–Trinajstić information content (AvgIpc) is 2.36. The van der Waals surface area contributed by atoms with Crippen molar-refractivity contribution in [3.8, 4) is 0 Å². The summed E-state index contributed by atoms with van der Waals surface area (Å²) in [6.45, 7) is 4.25. The van der Waals surface area contributed by atoms with Gasteiger partial charge in [0.15, 0.2) is 0 Å². The minimum Gasteiger partial charge on any atom is -0.383 e. The monoisotopic (exact) mass is 234 g/mol. The van der Waals surface area contributed by atoms with Gasteiger partial charge in [-0.15, -0.1) is 0 Å². The van der Waals surface area contributed by atoms with Crippen molar-refractivity contribution >= 4 is 11.6 Å². The Bertz CT molecular complexity index is 370. The van der Waals surface area contributed by atoms with Gasteiger partial charge in [0, 0.05) is 11.6 Å². The molecule has 3 N–H and O–H groups in total. The average molecular weight is 234 g/mol. The molecule has 0 atom stereocenters. The van der Waals surface area contributed by atoms with Crippen molar-refractivity contribution in [3.63, 3.8) is 0 Å². The van der Waals surface area contributed by atoms with Crippen molar-refractivity contribution in [3.05, 3.63) is 11.9 Å². The van der Waals surface area contributed by atoms with E-state index in [1.807, 2.05) is 6.92 Å². The van der Waals surface area contributed by atoms with Gasteiger partial charge in [0.1, 0.15) is 18.0 Å². The number of rotatable bonds is 3. The summed E-state index contributed by atoms with van der Waals surface area (Å²) in [5, 5.41) is 3.50. The molecule has 94 valence electrons. The third-order valence-corrected chi connectivity index (χ3v) is 3.89. The molecule has 1 fully saturated rings. The third kappa shape index (κ3) is 2.87. The molecule has 0 unspecified atom stereocenters. The molecule has 4 heteroatoms. The van der Waals surface area contributed by atoms with Crippen LogP contribution in [0.2, 0.25) is 0 Å². The van der Waals surface area contributed by atoms with E-state index < -0.39 is 0 Å². The number of anilines is 2. The molecule has 1 aliphatic carbocycles. The molecule has 0 spiro atoms. The SMILES string of the molecule is CCC1CCC(Nc2ncnc(N)c2C)CC1. The lowest BCUT2D eigenvalue weighted by molar-refractivity contribution is 0.330. The Labute approximate surface area is 103 Å². The van der Waals surface area contributed by atoms with Crippen LogP contribution in [0, 0.1) is 12.8 Å². The Hall–Kier alpha value is -1.32. The molecule has 0 bridgehead atoms. The summed E-state index contributed by atoms with van der Waals surface area (Å²) in [5.74, 6) is 2.40. The van der Waals surface area contributed by atoms with Gasteiger partial charge in [0.05, 0.1) is 0 Å². The van der Waals surface area contributed by atoms with E-state index >= 15 is 0 Å². The normalized spacial score (nSPS) is 24.6. The summed E-state index contributed by atoms with van der Waals surface area (Å²) in [5.41, 5.74) is 6.74. The van der Waals surface area contributed by atoms with E-state index in [0.717, 1.165) is 17.3 Å². The van der Waals surface area contributed by atoms with Gasteiger partial charge in [-0.1, -0.05) is 13.3 Å². The van der Waals surface area contributed by atoms with Crippen LogP contribution in [0.5, 0.6) is 0 Å². The number of aromatic nitrogens is 2. The van der Waals surface area contributed by atoms with Crippen molar-refractivity contribution in [2.24, 2.45) is 5.92 Å². The van der Waals surface area contributed by atoms with Crippen molar-refractivity contribution < 1.29 is 0 Å². The van der Waals surface area contributed by atoms with Crippen molar-refractivity contribution in [1.82, 2.24) is 9.97 Å². The third-order valence-electron chi connectivity index (χ3n) is 3.89. The molecule has 1 heterocycles. The van der Waals surface area contributed by atoms with E-state index in [1.54, 1.807) is 0 Å². The van der Waals surface area contributed by atoms with Gasteiger partial charge in [-0.3, -0.25) is 0 Å². The fourth-order valence-electron chi connectivity index (χ4n) is 2.52. The van der Waals surface area contributed by atoms with Gasteiger partial charge < -0.3 is 11.1 Å². The van der Waals surface area contributed by atoms with Crippen LogP contribution in [0.25, 0.3) is 0 Å². The molecule has 1 saturated carbocycles. The van der Waals surface area contributed by atoms with Gasteiger partial charge in [-0.2, -0.15) is 0 Å². The summed E-state index contributed by atoms with van der Waals surface area (Å²) in [7, 11) is 0. The first kappa shape index (κ1) is 12.1. The summed E-state index contributed by atoms with van der Waals surface area (Å²) in [4.78, 5) is 8.25. The van der Waals surface area contributed by atoms with Crippen LogP contribution < -0.4 is 11.1 Å². The summed E-state index contributed by atoms with van der Waals surface area (Å²) >= 11 is 0. The highest BCUT2D eigenvalue weighted by molar-refractivity contribution is 5.54. The molecular formula is C13H22N4. The highest BCUT2D eigenvalue weighted by Crippen LogP contribution is 2.29.